The molecule has 11 heteroatoms. The van der Waals surface area contributed by atoms with Crippen LogP contribution in [-0.4, -0.2) is 42.6 Å². The number of hydrogen-bond donors (Lipinski definition) is 1. The number of fused-ring (bicyclic) bond motifs is 1. The Bertz CT molecular complexity index is 2010. The fourth-order valence-corrected chi connectivity index (χ4v) is 5.70. The lowest BCUT2D eigenvalue weighted by atomic mass is 9.96. The summed E-state index contributed by atoms with van der Waals surface area (Å²) in [5, 5.41) is 7.73. The normalized spacial score (nSPS) is 11.3. The van der Waals surface area contributed by atoms with Crippen LogP contribution in [0.2, 0.25) is 0 Å². The van der Waals surface area contributed by atoms with Crippen molar-refractivity contribution in [3.63, 3.8) is 0 Å². The van der Waals surface area contributed by atoms with Crippen molar-refractivity contribution in [2.75, 3.05) is 26.1 Å². The molecule has 0 saturated heterocycles. The summed E-state index contributed by atoms with van der Waals surface area (Å²) in [6.45, 7) is 5.81. The van der Waals surface area contributed by atoms with Gasteiger partial charge in [0.05, 0.1) is 34.9 Å². The Labute approximate surface area is 279 Å². The SMILES string of the molecule is COc1cc(C)c(-c2nc3ccccc3c(=O)n2N=Cc2cc(I)c(OCC(=O)Nc3ccc(F)cc3)c(OC)c2)cc1C(C)C. The number of amides is 1. The molecule has 0 bridgehead atoms. The standard InChI is InChI=1S/C35H32FIN4O5/c1-20(2)26-17-27(21(3)14-30(26)44-4)34-40-29-9-7-6-8-25(29)35(43)41(34)38-18-22-15-28(37)33(31(16-22)45-5)46-19-32(42)39-24-12-10-23(36)11-13-24/h6-18,20H,19H2,1-5H3,(H,39,42). The van der Waals surface area contributed by atoms with Gasteiger partial charge in [0.15, 0.2) is 23.9 Å². The summed E-state index contributed by atoms with van der Waals surface area (Å²) in [6.07, 6.45) is 1.55. The van der Waals surface area contributed by atoms with Gasteiger partial charge in [0.25, 0.3) is 11.5 Å². The number of carbonyl (C=O) groups excluding carboxylic acids is 1. The minimum Gasteiger partial charge on any atom is -0.496 e. The lowest BCUT2D eigenvalue weighted by Gasteiger charge is -2.17. The van der Waals surface area contributed by atoms with E-state index in [1.807, 2.05) is 31.2 Å². The van der Waals surface area contributed by atoms with Gasteiger partial charge in [-0.05, 0) is 113 Å². The molecule has 0 atom stereocenters. The number of nitrogens with zero attached hydrogens (tertiary/aromatic N) is 3. The first-order valence-corrected chi connectivity index (χ1v) is 15.5. The lowest BCUT2D eigenvalue weighted by Crippen LogP contribution is -2.21. The van der Waals surface area contributed by atoms with Gasteiger partial charge in [0, 0.05) is 11.3 Å². The van der Waals surface area contributed by atoms with Crippen LogP contribution in [0.4, 0.5) is 10.1 Å². The fraction of sp³-hybridized carbons (Fsp3) is 0.200. The number of hydrogen-bond acceptors (Lipinski definition) is 7. The summed E-state index contributed by atoms with van der Waals surface area (Å²) < 4.78 is 32.2. The van der Waals surface area contributed by atoms with Crippen LogP contribution >= 0.6 is 22.6 Å². The maximum atomic E-state index is 13.8. The number of nitrogens with one attached hydrogen (secondary N) is 1. The van der Waals surface area contributed by atoms with Crippen LogP contribution < -0.4 is 25.1 Å². The molecule has 1 aromatic heterocycles. The van der Waals surface area contributed by atoms with Crippen LogP contribution in [-0.2, 0) is 4.79 Å². The Hall–Kier alpha value is -4.78. The molecule has 0 fully saturated rings. The molecule has 1 heterocycles. The van der Waals surface area contributed by atoms with Crippen molar-refractivity contribution in [3.05, 3.63) is 109 Å². The van der Waals surface area contributed by atoms with Crippen molar-refractivity contribution >= 4 is 51.3 Å². The van der Waals surface area contributed by atoms with Gasteiger partial charge in [0.2, 0.25) is 0 Å². The van der Waals surface area contributed by atoms with Crippen LogP contribution in [0.3, 0.4) is 0 Å². The Balaban J connectivity index is 1.50. The first-order valence-electron chi connectivity index (χ1n) is 14.4. The minimum atomic E-state index is -0.416. The van der Waals surface area contributed by atoms with E-state index in [1.165, 1.54) is 36.1 Å². The summed E-state index contributed by atoms with van der Waals surface area (Å²) >= 11 is 2.09. The molecular weight excluding hydrogens is 702 g/mol. The molecule has 1 amide bonds. The third kappa shape index (κ3) is 7.04. The summed E-state index contributed by atoms with van der Waals surface area (Å²) in [5.74, 6) is 1.27. The lowest BCUT2D eigenvalue weighted by molar-refractivity contribution is -0.118. The van der Waals surface area contributed by atoms with E-state index in [-0.39, 0.29) is 18.1 Å². The largest absolute Gasteiger partial charge is 0.496 e. The number of aromatic nitrogens is 2. The number of methoxy groups -OCH3 is 2. The minimum absolute atomic E-state index is 0.169. The average molecular weight is 735 g/mol. The first kappa shape index (κ1) is 32.6. The van der Waals surface area contributed by atoms with Gasteiger partial charge >= 0.3 is 0 Å². The second-order valence-corrected chi connectivity index (χ2v) is 11.9. The summed E-state index contributed by atoms with van der Waals surface area (Å²) in [6, 6.07) is 20.1. The van der Waals surface area contributed by atoms with E-state index in [9.17, 15) is 14.0 Å². The number of ether oxygens (including phenoxy) is 3. The van der Waals surface area contributed by atoms with E-state index in [2.05, 4.69) is 46.9 Å². The monoisotopic (exact) mass is 734 g/mol. The van der Waals surface area contributed by atoms with E-state index in [4.69, 9.17) is 19.2 Å². The molecule has 0 aliphatic carbocycles. The van der Waals surface area contributed by atoms with Gasteiger partial charge in [-0.15, -0.1) is 0 Å². The van der Waals surface area contributed by atoms with Crippen molar-refractivity contribution in [2.24, 2.45) is 5.10 Å². The first-order chi connectivity index (χ1) is 22.1. The number of aryl methyl sites for hydroxylation is 1. The van der Waals surface area contributed by atoms with Crippen LogP contribution in [0.1, 0.15) is 36.5 Å². The zero-order valence-electron chi connectivity index (χ0n) is 25.9. The third-order valence-corrected chi connectivity index (χ3v) is 8.04. The highest BCUT2D eigenvalue weighted by molar-refractivity contribution is 14.1. The van der Waals surface area contributed by atoms with Crippen molar-refractivity contribution in [1.82, 2.24) is 9.66 Å². The number of anilines is 1. The van der Waals surface area contributed by atoms with Crippen LogP contribution in [0, 0.1) is 16.3 Å². The molecule has 0 saturated carbocycles. The van der Waals surface area contributed by atoms with Gasteiger partial charge < -0.3 is 19.5 Å². The van der Waals surface area contributed by atoms with Crippen molar-refractivity contribution in [2.45, 2.75) is 26.7 Å². The molecule has 1 N–H and O–H groups in total. The predicted octanol–water partition coefficient (Wildman–Crippen LogP) is 7.16. The quantitative estimate of drug-likeness (QED) is 0.121. The van der Waals surface area contributed by atoms with Crippen molar-refractivity contribution in [1.29, 1.82) is 0 Å². The zero-order valence-corrected chi connectivity index (χ0v) is 28.1. The highest BCUT2D eigenvalue weighted by atomic mass is 127. The maximum Gasteiger partial charge on any atom is 0.282 e. The summed E-state index contributed by atoms with van der Waals surface area (Å²) in [4.78, 5) is 31.2. The molecule has 0 radical (unpaired) electrons. The smallest absolute Gasteiger partial charge is 0.282 e. The Kier molecular flexibility index (Phi) is 10.0. The molecular formula is C35H32FIN4O5. The van der Waals surface area contributed by atoms with E-state index in [0.717, 1.165) is 22.4 Å². The molecule has 0 aliphatic heterocycles. The predicted molar refractivity (Wildman–Crippen MR) is 186 cm³/mol. The number of benzene rings is 4. The molecule has 4 aromatic carbocycles. The molecule has 0 spiro atoms. The molecule has 236 valence electrons. The molecule has 0 aliphatic rings. The molecule has 46 heavy (non-hydrogen) atoms. The number of halogens is 2. The summed E-state index contributed by atoms with van der Waals surface area (Å²) in [7, 11) is 3.13. The Morgan fingerprint density at radius 1 is 1.04 bits per heavy atom. The van der Waals surface area contributed by atoms with Crippen molar-refractivity contribution < 1.29 is 23.4 Å². The van der Waals surface area contributed by atoms with Gasteiger partial charge in [-0.3, -0.25) is 9.59 Å². The Morgan fingerprint density at radius 3 is 2.46 bits per heavy atom. The molecule has 5 aromatic rings. The van der Waals surface area contributed by atoms with E-state index < -0.39 is 11.7 Å². The number of rotatable bonds is 10. The number of carbonyl (C=O) groups is 1. The second-order valence-electron chi connectivity index (χ2n) is 10.8. The number of para-hydroxylation sites is 1. The second kappa shape index (κ2) is 14.1. The van der Waals surface area contributed by atoms with Crippen molar-refractivity contribution in [3.8, 4) is 28.6 Å². The maximum absolute atomic E-state index is 13.8. The van der Waals surface area contributed by atoms with E-state index >= 15 is 0 Å². The van der Waals surface area contributed by atoms with Crippen LogP contribution in [0.5, 0.6) is 17.2 Å². The van der Waals surface area contributed by atoms with Crippen LogP contribution in [0.15, 0.2) is 82.7 Å². The van der Waals surface area contributed by atoms with Gasteiger partial charge in [-0.2, -0.15) is 9.78 Å². The summed E-state index contributed by atoms with van der Waals surface area (Å²) in [5.41, 5.74) is 3.97. The molecule has 0 unspecified atom stereocenters. The van der Waals surface area contributed by atoms with Gasteiger partial charge in [-0.1, -0.05) is 26.0 Å². The zero-order chi connectivity index (χ0) is 33.0. The average Bonchev–Trinajstić information content (AvgIpc) is 3.04. The molecule has 9 nitrogen and oxygen atoms in total. The highest BCUT2D eigenvalue weighted by Crippen LogP contribution is 2.35. The van der Waals surface area contributed by atoms with E-state index in [0.29, 0.717) is 43.0 Å². The third-order valence-electron chi connectivity index (χ3n) is 7.24. The fourth-order valence-electron chi connectivity index (χ4n) is 4.92. The van der Waals surface area contributed by atoms with Crippen LogP contribution in [0.25, 0.3) is 22.3 Å². The Morgan fingerprint density at radius 2 is 1.76 bits per heavy atom. The van der Waals surface area contributed by atoms with Gasteiger partial charge in [0.1, 0.15) is 11.6 Å². The topological polar surface area (TPSA) is 104 Å². The van der Waals surface area contributed by atoms with Gasteiger partial charge in [-0.25, -0.2) is 9.37 Å². The highest BCUT2D eigenvalue weighted by Gasteiger charge is 2.19. The molecule has 5 rings (SSSR count). The van der Waals surface area contributed by atoms with E-state index in [1.54, 1.807) is 37.6 Å².